The van der Waals surface area contributed by atoms with E-state index in [1.165, 1.54) is 24.3 Å². The zero-order chi connectivity index (χ0) is 18.0. The predicted molar refractivity (Wildman–Crippen MR) is 81.7 cm³/mol. The van der Waals surface area contributed by atoms with Gasteiger partial charge in [-0.15, -0.1) is 0 Å². The van der Waals surface area contributed by atoms with Crippen LogP contribution in [0.4, 0.5) is 19.0 Å². The fourth-order valence-corrected chi connectivity index (χ4v) is 1.96. The first-order valence-corrected chi connectivity index (χ1v) is 7.08. The van der Waals surface area contributed by atoms with E-state index in [4.69, 9.17) is 0 Å². The molecule has 0 unspecified atom stereocenters. The molecular weight excluding hydrogens is 337 g/mol. The fourth-order valence-electron chi connectivity index (χ4n) is 1.96. The number of hydrogen-bond donors (Lipinski definition) is 1. The van der Waals surface area contributed by atoms with Gasteiger partial charge in [0.25, 0.3) is 5.91 Å². The number of anilines is 1. The van der Waals surface area contributed by atoms with Crippen LogP contribution in [0.1, 0.15) is 21.8 Å². The molecule has 25 heavy (non-hydrogen) atoms. The van der Waals surface area contributed by atoms with Gasteiger partial charge in [-0.2, -0.15) is 18.2 Å². The Morgan fingerprint density at radius 3 is 2.40 bits per heavy atom. The number of rotatable bonds is 3. The molecule has 0 aliphatic rings. The van der Waals surface area contributed by atoms with Gasteiger partial charge in [-0.05, 0) is 30.7 Å². The number of carbonyl (C=O) groups excluding carboxylic acids is 1. The predicted octanol–water partition coefficient (Wildman–Crippen LogP) is 3.71. The normalized spacial score (nSPS) is 11.4. The van der Waals surface area contributed by atoms with Crippen molar-refractivity contribution in [1.82, 2.24) is 15.1 Å². The van der Waals surface area contributed by atoms with E-state index in [1.54, 1.807) is 18.3 Å². The van der Waals surface area contributed by atoms with Gasteiger partial charge in [0.05, 0.1) is 0 Å². The fraction of sp³-hybridized carbons (Fsp3) is 0.125. The number of benzene rings is 1. The second-order valence-corrected chi connectivity index (χ2v) is 5.17. The molecule has 1 aromatic carbocycles. The number of alkyl halides is 3. The second-order valence-electron chi connectivity index (χ2n) is 5.17. The molecule has 0 radical (unpaired) electrons. The van der Waals surface area contributed by atoms with Crippen LogP contribution < -0.4 is 5.32 Å². The Kier molecular flexibility index (Phi) is 4.22. The highest BCUT2D eigenvalue weighted by Gasteiger charge is 2.38. The average molecular weight is 348 g/mol. The van der Waals surface area contributed by atoms with Gasteiger partial charge in [-0.25, -0.2) is 4.98 Å². The zero-order valence-corrected chi connectivity index (χ0v) is 12.8. The molecule has 0 spiro atoms. The quantitative estimate of drug-likeness (QED) is 0.780. The maximum atomic E-state index is 12.5. The lowest BCUT2D eigenvalue weighted by Crippen LogP contribution is -2.12. The van der Waals surface area contributed by atoms with Crippen LogP contribution in [0.25, 0.3) is 11.4 Å². The molecule has 0 aliphatic heterocycles. The van der Waals surface area contributed by atoms with E-state index in [-0.39, 0.29) is 5.82 Å². The molecule has 6 nitrogen and oxygen atoms in total. The highest BCUT2D eigenvalue weighted by Crippen LogP contribution is 2.29. The van der Waals surface area contributed by atoms with Crippen LogP contribution in [-0.2, 0) is 6.18 Å². The van der Waals surface area contributed by atoms with Gasteiger partial charge in [0.1, 0.15) is 5.82 Å². The highest BCUT2D eigenvalue weighted by molar-refractivity contribution is 6.03. The standard InChI is InChI=1S/C16H11F3N4O2/c1-9-2-7-12(20-8-9)21-14(24)11-5-3-10(4-6-11)13-22-15(25-23-13)16(17,18)19/h2-8H,1H3,(H,20,21,24). The summed E-state index contributed by atoms with van der Waals surface area (Å²) < 4.78 is 41.6. The van der Waals surface area contributed by atoms with Crippen molar-refractivity contribution >= 4 is 11.7 Å². The summed E-state index contributed by atoms with van der Waals surface area (Å²) in [4.78, 5) is 19.5. The molecule has 3 aromatic rings. The minimum Gasteiger partial charge on any atom is -0.329 e. The molecule has 9 heteroatoms. The first-order chi connectivity index (χ1) is 11.8. The molecule has 1 amide bonds. The van der Waals surface area contributed by atoms with E-state index >= 15 is 0 Å². The van der Waals surface area contributed by atoms with Gasteiger partial charge in [-0.3, -0.25) is 4.79 Å². The minimum absolute atomic E-state index is 0.209. The van der Waals surface area contributed by atoms with E-state index in [2.05, 4.69) is 25.0 Å². The number of carbonyl (C=O) groups is 1. The van der Waals surface area contributed by atoms with E-state index in [9.17, 15) is 18.0 Å². The Morgan fingerprint density at radius 2 is 1.84 bits per heavy atom. The third-order valence-corrected chi connectivity index (χ3v) is 3.23. The Hall–Kier alpha value is -3.23. The number of aryl methyl sites for hydroxylation is 1. The topological polar surface area (TPSA) is 80.9 Å². The Labute approximate surface area is 139 Å². The molecule has 0 aliphatic carbocycles. The zero-order valence-electron chi connectivity index (χ0n) is 12.8. The molecule has 1 N–H and O–H groups in total. The lowest BCUT2D eigenvalue weighted by molar-refractivity contribution is -0.159. The minimum atomic E-state index is -4.70. The number of amides is 1. The van der Waals surface area contributed by atoms with E-state index in [0.29, 0.717) is 16.9 Å². The summed E-state index contributed by atoms with van der Waals surface area (Å²) in [6.45, 7) is 1.87. The monoisotopic (exact) mass is 348 g/mol. The number of hydrogen-bond acceptors (Lipinski definition) is 5. The van der Waals surface area contributed by atoms with Gasteiger partial charge < -0.3 is 9.84 Å². The molecule has 0 fully saturated rings. The van der Waals surface area contributed by atoms with Crippen LogP contribution in [0.2, 0.25) is 0 Å². The van der Waals surface area contributed by atoms with Gasteiger partial charge >= 0.3 is 12.1 Å². The smallest absolute Gasteiger partial charge is 0.329 e. The van der Waals surface area contributed by atoms with Crippen LogP contribution in [0.5, 0.6) is 0 Å². The molecule has 2 aromatic heterocycles. The summed E-state index contributed by atoms with van der Waals surface area (Å²) in [5.74, 6) is -1.63. The Balaban J connectivity index is 1.74. The van der Waals surface area contributed by atoms with Crippen LogP contribution >= 0.6 is 0 Å². The largest absolute Gasteiger partial charge is 0.471 e. The SMILES string of the molecule is Cc1ccc(NC(=O)c2ccc(-c3noc(C(F)(F)F)n3)cc2)nc1. The van der Waals surface area contributed by atoms with Crippen molar-refractivity contribution in [3.63, 3.8) is 0 Å². The van der Waals surface area contributed by atoms with Crippen LogP contribution in [0.15, 0.2) is 47.1 Å². The Bertz CT molecular complexity index is 887. The molecule has 0 bridgehead atoms. The van der Waals surface area contributed by atoms with Crippen LogP contribution in [0.3, 0.4) is 0 Å². The molecule has 128 valence electrons. The summed E-state index contributed by atoms with van der Waals surface area (Å²) in [5.41, 5.74) is 1.57. The number of aromatic nitrogens is 3. The maximum absolute atomic E-state index is 12.5. The molecule has 3 rings (SSSR count). The van der Waals surface area contributed by atoms with Crippen molar-refractivity contribution in [2.75, 3.05) is 5.32 Å². The van der Waals surface area contributed by atoms with Crippen LogP contribution in [0, 0.1) is 6.92 Å². The molecular formula is C16H11F3N4O2. The first kappa shape index (κ1) is 16.6. The van der Waals surface area contributed by atoms with Crippen molar-refractivity contribution in [1.29, 1.82) is 0 Å². The molecule has 0 saturated heterocycles. The van der Waals surface area contributed by atoms with Gasteiger partial charge in [0.2, 0.25) is 5.82 Å². The van der Waals surface area contributed by atoms with Crippen molar-refractivity contribution in [2.24, 2.45) is 0 Å². The third-order valence-electron chi connectivity index (χ3n) is 3.23. The van der Waals surface area contributed by atoms with Crippen molar-refractivity contribution in [3.05, 3.63) is 59.6 Å². The summed E-state index contributed by atoms with van der Waals surface area (Å²) in [6, 6.07) is 9.23. The molecule has 2 heterocycles. The number of halogens is 3. The number of pyridine rings is 1. The lowest BCUT2D eigenvalue weighted by Gasteiger charge is -2.05. The molecule has 0 atom stereocenters. The van der Waals surface area contributed by atoms with Crippen molar-refractivity contribution in [2.45, 2.75) is 13.1 Å². The maximum Gasteiger partial charge on any atom is 0.471 e. The average Bonchev–Trinajstić information content (AvgIpc) is 3.07. The molecule has 0 saturated carbocycles. The summed E-state index contributed by atoms with van der Waals surface area (Å²) >= 11 is 0. The summed E-state index contributed by atoms with van der Waals surface area (Å²) in [7, 11) is 0. The second kappa shape index (κ2) is 6.34. The number of nitrogens with one attached hydrogen (secondary N) is 1. The van der Waals surface area contributed by atoms with E-state index in [1.807, 2.05) is 6.92 Å². The van der Waals surface area contributed by atoms with E-state index < -0.39 is 18.0 Å². The summed E-state index contributed by atoms with van der Waals surface area (Å²) in [5, 5.41) is 5.91. The third kappa shape index (κ3) is 3.82. The lowest BCUT2D eigenvalue weighted by atomic mass is 10.1. The number of nitrogens with zero attached hydrogens (tertiary/aromatic N) is 3. The van der Waals surface area contributed by atoms with Gasteiger partial charge in [-0.1, -0.05) is 23.4 Å². The first-order valence-electron chi connectivity index (χ1n) is 7.08. The highest BCUT2D eigenvalue weighted by atomic mass is 19.4. The van der Waals surface area contributed by atoms with Gasteiger partial charge in [0.15, 0.2) is 0 Å². The van der Waals surface area contributed by atoms with Crippen molar-refractivity contribution in [3.8, 4) is 11.4 Å². The van der Waals surface area contributed by atoms with Crippen LogP contribution in [-0.4, -0.2) is 21.0 Å². The summed E-state index contributed by atoms with van der Waals surface area (Å²) in [6.07, 6.45) is -3.08. The van der Waals surface area contributed by atoms with Gasteiger partial charge in [0, 0.05) is 17.3 Å². The van der Waals surface area contributed by atoms with E-state index in [0.717, 1.165) is 5.56 Å². The Morgan fingerprint density at radius 1 is 1.12 bits per heavy atom. The van der Waals surface area contributed by atoms with Crippen molar-refractivity contribution < 1.29 is 22.5 Å².